The lowest BCUT2D eigenvalue weighted by Gasteiger charge is -2.11. The summed E-state index contributed by atoms with van der Waals surface area (Å²) in [5.74, 6) is -1.05. The topological polar surface area (TPSA) is 103 Å². The molecule has 0 spiro atoms. The second-order valence-electron chi connectivity index (χ2n) is 6.39. The summed E-state index contributed by atoms with van der Waals surface area (Å²) in [5.41, 5.74) is 1.69. The summed E-state index contributed by atoms with van der Waals surface area (Å²) in [6.45, 7) is 5.16. The van der Waals surface area contributed by atoms with Crippen LogP contribution in [0.4, 0.5) is 0 Å². The standard InChI is InChI=1S/C19H20N4O4S/c1-10-15-7-13(8-21-18(15)23(4)22-10)19(26)27-11(2)17(25)16-6-5-14(28-16)9-20-12(3)24/h5-8,11H,9H2,1-4H3,(H,20,24). The van der Waals surface area contributed by atoms with Gasteiger partial charge in [-0.1, -0.05) is 0 Å². The van der Waals surface area contributed by atoms with E-state index in [1.165, 1.54) is 31.4 Å². The Kier molecular flexibility index (Phi) is 5.55. The van der Waals surface area contributed by atoms with Crippen LogP contribution in [0.5, 0.6) is 0 Å². The van der Waals surface area contributed by atoms with E-state index in [1.54, 1.807) is 29.9 Å². The number of ketones is 1. The summed E-state index contributed by atoms with van der Waals surface area (Å²) in [6, 6.07) is 5.10. The first-order valence-corrected chi connectivity index (χ1v) is 9.45. The van der Waals surface area contributed by atoms with Crippen molar-refractivity contribution in [1.29, 1.82) is 0 Å². The van der Waals surface area contributed by atoms with Crippen LogP contribution in [0.2, 0.25) is 0 Å². The Hall–Kier alpha value is -3.07. The first-order chi connectivity index (χ1) is 13.3. The van der Waals surface area contributed by atoms with Crippen LogP contribution in [-0.4, -0.2) is 38.5 Å². The maximum atomic E-state index is 12.5. The number of esters is 1. The normalized spacial score (nSPS) is 12.0. The number of rotatable bonds is 6. The molecule has 3 aromatic rings. The molecule has 0 saturated carbocycles. The molecule has 3 rings (SSSR count). The van der Waals surface area contributed by atoms with E-state index in [0.717, 1.165) is 16.0 Å². The number of hydrogen-bond donors (Lipinski definition) is 1. The maximum Gasteiger partial charge on any atom is 0.340 e. The predicted molar refractivity (Wildman–Crippen MR) is 104 cm³/mol. The molecule has 1 unspecified atom stereocenters. The van der Waals surface area contributed by atoms with Crippen LogP contribution in [0.3, 0.4) is 0 Å². The van der Waals surface area contributed by atoms with E-state index in [-0.39, 0.29) is 17.3 Å². The summed E-state index contributed by atoms with van der Waals surface area (Å²) in [4.78, 5) is 41.6. The van der Waals surface area contributed by atoms with Gasteiger partial charge in [-0.15, -0.1) is 11.3 Å². The number of nitrogens with zero attached hydrogens (tertiary/aromatic N) is 3. The van der Waals surface area contributed by atoms with Crippen LogP contribution in [0.15, 0.2) is 24.4 Å². The van der Waals surface area contributed by atoms with Gasteiger partial charge in [-0.2, -0.15) is 5.10 Å². The Labute approximate surface area is 165 Å². The van der Waals surface area contributed by atoms with E-state index in [9.17, 15) is 14.4 Å². The van der Waals surface area contributed by atoms with Gasteiger partial charge in [0, 0.05) is 30.4 Å². The minimum absolute atomic E-state index is 0.141. The maximum absolute atomic E-state index is 12.5. The first-order valence-electron chi connectivity index (χ1n) is 8.64. The van der Waals surface area contributed by atoms with Crippen LogP contribution in [0.1, 0.15) is 44.4 Å². The van der Waals surface area contributed by atoms with Gasteiger partial charge in [0.25, 0.3) is 0 Å². The quantitative estimate of drug-likeness (QED) is 0.503. The molecule has 0 aliphatic carbocycles. The SMILES string of the molecule is CC(=O)NCc1ccc(C(=O)C(C)OC(=O)c2cnc3c(c2)c(C)nn3C)s1. The summed E-state index contributed by atoms with van der Waals surface area (Å²) < 4.78 is 6.98. The van der Waals surface area contributed by atoms with Crippen LogP contribution in [0, 0.1) is 6.92 Å². The van der Waals surface area contributed by atoms with Gasteiger partial charge >= 0.3 is 5.97 Å². The third-order valence-electron chi connectivity index (χ3n) is 4.17. The number of nitrogens with one attached hydrogen (secondary N) is 1. The second kappa shape index (κ2) is 7.89. The molecule has 0 aliphatic rings. The molecule has 1 atom stereocenters. The van der Waals surface area contributed by atoms with Crippen LogP contribution < -0.4 is 5.32 Å². The van der Waals surface area contributed by atoms with Gasteiger partial charge < -0.3 is 10.1 Å². The average molecular weight is 400 g/mol. The van der Waals surface area contributed by atoms with Crippen molar-refractivity contribution in [2.45, 2.75) is 33.4 Å². The molecule has 0 aliphatic heterocycles. The van der Waals surface area contributed by atoms with E-state index in [0.29, 0.717) is 17.1 Å². The van der Waals surface area contributed by atoms with Crippen molar-refractivity contribution in [1.82, 2.24) is 20.1 Å². The molecule has 1 amide bonds. The Morgan fingerprint density at radius 1 is 1.32 bits per heavy atom. The van der Waals surface area contributed by atoms with Gasteiger partial charge in [0.1, 0.15) is 0 Å². The minimum atomic E-state index is -0.939. The van der Waals surface area contributed by atoms with Crippen LogP contribution >= 0.6 is 11.3 Å². The Balaban J connectivity index is 1.69. The monoisotopic (exact) mass is 400 g/mol. The fourth-order valence-corrected chi connectivity index (χ4v) is 3.68. The van der Waals surface area contributed by atoms with E-state index in [1.807, 2.05) is 6.92 Å². The summed E-state index contributed by atoms with van der Waals surface area (Å²) >= 11 is 1.26. The number of ether oxygens (including phenoxy) is 1. The van der Waals surface area contributed by atoms with Crippen LogP contribution in [-0.2, 0) is 23.1 Å². The fraction of sp³-hybridized carbons (Fsp3) is 0.316. The van der Waals surface area contributed by atoms with Crippen molar-refractivity contribution in [3.05, 3.63) is 45.4 Å². The number of amides is 1. The molecule has 0 radical (unpaired) electrons. The highest BCUT2D eigenvalue weighted by molar-refractivity contribution is 7.14. The Morgan fingerprint density at radius 2 is 2.07 bits per heavy atom. The van der Waals surface area contributed by atoms with Gasteiger partial charge in [0.05, 0.1) is 22.7 Å². The van der Waals surface area contributed by atoms with E-state index in [4.69, 9.17) is 4.74 Å². The van der Waals surface area contributed by atoms with Crippen molar-refractivity contribution in [3.63, 3.8) is 0 Å². The molecule has 3 heterocycles. The number of fused-ring (bicyclic) bond motifs is 1. The van der Waals surface area contributed by atoms with Crippen molar-refractivity contribution in [2.24, 2.45) is 7.05 Å². The number of pyridine rings is 1. The predicted octanol–water partition coefficient (Wildman–Crippen LogP) is 2.40. The zero-order valence-electron chi connectivity index (χ0n) is 16.0. The number of carbonyl (C=O) groups is 3. The Bertz CT molecular complexity index is 1070. The van der Waals surface area contributed by atoms with Gasteiger partial charge in [-0.25, -0.2) is 9.78 Å². The minimum Gasteiger partial charge on any atom is -0.451 e. The largest absolute Gasteiger partial charge is 0.451 e. The number of Topliss-reactive ketones (excluding diaryl/α,β-unsaturated/α-hetero) is 1. The number of thiophene rings is 1. The third-order valence-corrected chi connectivity index (χ3v) is 5.27. The lowest BCUT2D eigenvalue weighted by molar-refractivity contribution is -0.119. The van der Waals surface area contributed by atoms with Gasteiger partial charge in [-0.3, -0.25) is 14.3 Å². The molecule has 0 saturated heterocycles. The van der Waals surface area contributed by atoms with Crippen molar-refractivity contribution >= 4 is 40.0 Å². The van der Waals surface area contributed by atoms with Crippen molar-refractivity contribution in [2.75, 3.05) is 0 Å². The lowest BCUT2D eigenvalue weighted by Crippen LogP contribution is -2.24. The van der Waals surface area contributed by atoms with Crippen molar-refractivity contribution < 1.29 is 19.1 Å². The zero-order valence-corrected chi connectivity index (χ0v) is 16.8. The van der Waals surface area contributed by atoms with E-state index in [2.05, 4.69) is 15.4 Å². The Morgan fingerprint density at radius 3 is 2.79 bits per heavy atom. The smallest absolute Gasteiger partial charge is 0.340 e. The fourth-order valence-electron chi connectivity index (χ4n) is 2.72. The highest BCUT2D eigenvalue weighted by Crippen LogP contribution is 2.21. The summed E-state index contributed by atoms with van der Waals surface area (Å²) in [6.07, 6.45) is 0.477. The number of aromatic nitrogens is 3. The average Bonchev–Trinajstić information content (AvgIpc) is 3.24. The van der Waals surface area contributed by atoms with Gasteiger partial charge in [-0.05, 0) is 32.0 Å². The molecule has 3 aromatic heterocycles. The van der Waals surface area contributed by atoms with Gasteiger partial charge in [0.2, 0.25) is 11.7 Å². The third kappa shape index (κ3) is 4.09. The molecule has 9 heteroatoms. The molecule has 0 fully saturated rings. The molecule has 1 N–H and O–H groups in total. The molecule has 28 heavy (non-hydrogen) atoms. The number of carbonyl (C=O) groups excluding carboxylic acids is 3. The molecule has 146 valence electrons. The summed E-state index contributed by atoms with van der Waals surface area (Å²) in [5, 5.41) is 7.71. The van der Waals surface area contributed by atoms with E-state index >= 15 is 0 Å². The second-order valence-corrected chi connectivity index (χ2v) is 7.56. The van der Waals surface area contributed by atoms with Gasteiger partial charge in [0.15, 0.2) is 11.8 Å². The zero-order chi connectivity index (χ0) is 20.4. The molecule has 0 aromatic carbocycles. The molecular weight excluding hydrogens is 380 g/mol. The lowest BCUT2D eigenvalue weighted by atomic mass is 10.2. The van der Waals surface area contributed by atoms with Crippen LogP contribution in [0.25, 0.3) is 11.0 Å². The number of hydrogen-bond acceptors (Lipinski definition) is 7. The molecular formula is C19H20N4O4S. The highest BCUT2D eigenvalue weighted by Gasteiger charge is 2.23. The highest BCUT2D eigenvalue weighted by atomic mass is 32.1. The molecule has 0 bridgehead atoms. The molecule has 8 nitrogen and oxygen atoms in total. The summed E-state index contributed by atoms with van der Waals surface area (Å²) in [7, 11) is 1.78. The number of aryl methyl sites for hydroxylation is 2. The van der Waals surface area contributed by atoms with E-state index < -0.39 is 12.1 Å². The van der Waals surface area contributed by atoms with Crippen molar-refractivity contribution in [3.8, 4) is 0 Å². The first kappa shape index (κ1) is 19.7.